The number of aliphatic hydroxyl groups is 1. The summed E-state index contributed by atoms with van der Waals surface area (Å²) in [6, 6.07) is -0.126. The SMILES string of the molecule is CC(C(=O)N(C)C)N1CC(O)(C(C)C)C1. The smallest absolute Gasteiger partial charge is 0.239 e. The van der Waals surface area contributed by atoms with Crippen LogP contribution in [0.1, 0.15) is 20.8 Å². The van der Waals surface area contributed by atoms with E-state index in [0.29, 0.717) is 13.1 Å². The summed E-state index contributed by atoms with van der Waals surface area (Å²) in [5, 5.41) is 10.1. The first-order valence-electron chi connectivity index (χ1n) is 5.45. The molecule has 15 heavy (non-hydrogen) atoms. The molecule has 1 rings (SSSR count). The molecule has 1 atom stereocenters. The molecule has 1 amide bonds. The van der Waals surface area contributed by atoms with Crippen LogP contribution in [-0.2, 0) is 4.79 Å². The molecule has 0 aliphatic carbocycles. The molecule has 0 radical (unpaired) electrons. The highest BCUT2D eigenvalue weighted by atomic mass is 16.3. The lowest BCUT2D eigenvalue weighted by molar-refractivity contribution is -0.158. The maximum atomic E-state index is 11.7. The van der Waals surface area contributed by atoms with Gasteiger partial charge in [0.05, 0.1) is 11.6 Å². The Morgan fingerprint density at radius 2 is 1.80 bits per heavy atom. The van der Waals surface area contributed by atoms with Gasteiger partial charge in [-0.15, -0.1) is 0 Å². The number of β-amino-alcohol motifs (C(OH)–C–C–N with tert-alkyl or cyclic N) is 1. The summed E-state index contributed by atoms with van der Waals surface area (Å²) in [5.74, 6) is 0.344. The van der Waals surface area contributed by atoms with Gasteiger partial charge in [0.1, 0.15) is 0 Å². The number of rotatable bonds is 3. The second-order valence-corrected chi connectivity index (χ2v) is 5.07. The summed E-state index contributed by atoms with van der Waals surface area (Å²) in [6.45, 7) is 7.12. The predicted octanol–water partition coefficient (Wildman–Crippen LogP) is 0.166. The Labute approximate surface area is 91.9 Å². The van der Waals surface area contributed by atoms with Crippen LogP contribution < -0.4 is 0 Å². The van der Waals surface area contributed by atoms with E-state index in [1.807, 2.05) is 25.7 Å². The van der Waals surface area contributed by atoms with Crippen LogP contribution in [0.5, 0.6) is 0 Å². The lowest BCUT2D eigenvalue weighted by atomic mass is 9.82. The second-order valence-electron chi connectivity index (χ2n) is 5.07. The summed E-state index contributed by atoms with van der Waals surface area (Å²) < 4.78 is 0. The summed E-state index contributed by atoms with van der Waals surface area (Å²) >= 11 is 0. The van der Waals surface area contributed by atoms with E-state index in [1.54, 1.807) is 19.0 Å². The molecule has 4 heteroatoms. The van der Waals surface area contributed by atoms with Crippen molar-refractivity contribution in [2.75, 3.05) is 27.2 Å². The van der Waals surface area contributed by atoms with Crippen LogP contribution >= 0.6 is 0 Å². The summed E-state index contributed by atoms with van der Waals surface area (Å²) in [4.78, 5) is 15.3. The van der Waals surface area contributed by atoms with Gasteiger partial charge in [-0.1, -0.05) is 13.8 Å². The van der Waals surface area contributed by atoms with Gasteiger partial charge in [-0.3, -0.25) is 9.69 Å². The van der Waals surface area contributed by atoms with Crippen molar-refractivity contribution in [3.8, 4) is 0 Å². The molecule has 1 aliphatic rings. The van der Waals surface area contributed by atoms with Crippen LogP contribution in [0, 0.1) is 5.92 Å². The third-order valence-corrected chi connectivity index (χ3v) is 3.37. The van der Waals surface area contributed by atoms with Gasteiger partial charge in [0.2, 0.25) is 5.91 Å². The lowest BCUT2D eigenvalue weighted by Crippen LogP contribution is -2.68. The first kappa shape index (κ1) is 12.5. The van der Waals surface area contributed by atoms with Gasteiger partial charge in [-0.2, -0.15) is 0 Å². The number of likely N-dealkylation sites (N-methyl/N-ethyl adjacent to an activating group) is 1. The molecular weight excluding hydrogens is 192 g/mol. The van der Waals surface area contributed by atoms with Crippen LogP contribution in [0.25, 0.3) is 0 Å². The minimum atomic E-state index is -0.596. The standard InChI is InChI=1S/C11H22N2O2/c1-8(2)11(15)6-13(7-11)9(3)10(14)12(4)5/h8-9,15H,6-7H2,1-5H3. The highest BCUT2D eigenvalue weighted by Gasteiger charge is 2.46. The summed E-state index contributed by atoms with van der Waals surface area (Å²) in [7, 11) is 3.51. The molecule has 1 heterocycles. The highest BCUT2D eigenvalue weighted by molar-refractivity contribution is 5.81. The van der Waals surface area contributed by atoms with Crippen LogP contribution in [0.4, 0.5) is 0 Å². The number of likely N-dealkylation sites (tertiary alicyclic amines) is 1. The van der Waals surface area contributed by atoms with Crippen molar-refractivity contribution in [3.63, 3.8) is 0 Å². The Bertz CT molecular complexity index is 245. The summed E-state index contributed by atoms with van der Waals surface area (Å²) in [5.41, 5.74) is -0.596. The topological polar surface area (TPSA) is 43.8 Å². The first-order valence-corrected chi connectivity index (χ1v) is 5.45. The summed E-state index contributed by atoms with van der Waals surface area (Å²) in [6.07, 6.45) is 0. The molecule has 0 bridgehead atoms. The average molecular weight is 214 g/mol. The number of amides is 1. The minimum Gasteiger partial charge on any atom is -0.387 e. The lowest BCUT2D eigenvalue weighted by Gasteiger charge is -2.51. The van der Waals surface area contributed by atoms with Crippen molar-refractivity contribution in [2.24, 2.45) is 5.92 Å². The molecule has 0 aromatic rings. The molecule has 88 valence electrons. The second kappa shape index (κ2) is 4.10. The monoisotopic (exact) mass is 214 g/mol. The molecule has 1 unspecified atom stereocenters. The third kappa shape index (κ3) is 2.32. The van der Waals surface area contributed by atoms with Gasteiger partial charge >= 0.3 is 0 Å². The Hall–Kier alpha value is -0.610. The Kier molecular flexibility index (Phi) is 3.41. The van der Waals surface area contributed by atoms with Gasteiger partial charge in [-0.05, 0) is 12.8 Å². The number of carbonyl (C=O) groups excluding carboxylic acids is 1. The van der Waals surface area contributed by atoms with Crippen molar-refractivity contribution in [1.82, 2.24) is 9.80 Å². The molecule has 1 saturated heterocycles. The molecule has 1 N–H and O–H groups in total. The molecule has 4 nitrogen and oxygen atoms in total. The zero-order valence-electron chi connectivity index (χ0n) is 10.3. The van der Waals surface area contributed by atoms with Gasteiger partial charge in [0, 0.05) is 27.2 Å². The molecule has 0 aromatic carbocycles. The molecular formula is C11H22N2O2. The molecule has 0 saturated carbocycles. The number of nitrogens with zero attached hydrogens (tertiary/aromatic N) is 2. The number of carbonyl (C=O) groups is 1. The fourth-order valence-corrected chi connectivity index (χ4v) is 1.83. The van der Waals surface area contributed by atoms with Crippen molar-refractivity contribution in [3.05, 3.63) is 0 Å². The van der Waals surface area contributed by atoms with Gasteiger partial charge < -0.3 is 10.0 Å². The van der Waals surface area contributed by atoms with E-state index in [0.717, 1.165) is 0 Å². The average Bonchev–Trinajstić information content (AvgIpc) is 2.09. The van der Waals surface area contributed by atoms with Crippen LogP contribution in [0.2, 0.25) is 0 Å². The van der Waals surface area contributed by atoms with E-state index in [2.05, 4.69) is 0 Å². The third-order valence-electron chi connectivity index (χ3n) is 3.37. The van der Waals surface area contributed by atoms with E-state index in [-0.39, 0.29) is 17.9 Å². The van der Waals surface area contributed by atoms with E-state index in [1.165, 1.54) is 0 Å². The Morgan fingerprint density at radius 3 is 2.13 bits per heavy atom. The van der Waals surface area contributed by atoms with E-state index in [4.69, 9.17) is 0 Å². The quantitative estimate of drug-likeness (QED) is 0.728. The Balaban J connectivity index is 2.48. The van der Waals surface area contributed by atoms with Crippen molar-refractivity contribution in [2.45, 2.75) is 32.4 Å². The predicted molar refractivity (Wildman–Crippen MR) is 59.5 cm³/mol. The zero-order chi connectivity index (χ0) is 11.8. The molecule has 0 aromatic heterocycles. The van der Waals surface area contributed by atoms with E-state index >= 15 is 0 Å². The highest BCUT2D eigenvalue weighted by Crippen LogP contribution is 2.30. The fourth-order valence-electron chi connectivity index (χ4n) is 1.83. The van der Waals surface area contributed by atoms with Gasteiger partial charge in [0.15, 0.2) is 0 Å². The maximum absolute atomic E-state index is 11.7. The van der Waals surface area contributed by atoms with Gasteiger partial charge in [0.25, 0.3) is 0 Å². The zero-order valence-corrected chi connectivity index (χ0v) is 10.3. The van der Waals surface area contributed by atoms with Crippen LogP contribution in [-0.4, -0.2) is 59.6 Å². The number of hydrogen-bond acceptors (Lipinski definition) is 3. The normalized spacial score (nSPS) is 22.3. The van der Waals surface area contributed by atoms with E-state index < -0.39 is 5.60 Å². The molecule has 0 spiro atoms. The van der Waals surface area contributed by atoms with Crippen LogP contribution in [0.15, 0.2) is 0 Å². The molecule has 1 aliphatic heterocycles. The van der Waals surface area contributed by atoms with Crippen LogP contribution in [0.3, 0.4) is 0 Å². The number of hydrogen-bond donors (Lipinski definition) is 1. The van der Waals surface area contributed by atoms with E-state index in [9.17, 15) is 9.90 Å². The minimum absolute atomic E-state index is 0.0980. The fraction of sp³-hybridized carbons (Fsp3) is 0.909. The van der Waals surface area contributed by atoms with Crippen molar-refractivity contribution >= 4 is 5.91 Å². The molecule has 1 fully saturated rings. The first-order chi connectivity index (χ1) is 6.78. The maximum Gasteiger partial charge on any atom is 0.239 e. The van der Waals surface area contributed by atoms with Gasteiger partial charge in [-0.25, -0.2) is 0 Å². The van der Waals surface area contributed by atoms with Crippen molar-refractivity contribution in [1.29, 1.82) is 0 Å². The Morgan fingerprint density at radius 1 is 1.33 bits per heavy atom. The van der Waals surface area contributed by atoms with Crippen molar-refractivity contribution < 1.29 is 9.90 Å². The largest absolute Gasteiger partial charge is 0.387 e.